The molecule has 0 aromatic heterocycles. The van der Waals surface area contributed by atoms with Crippen molar-refractivity contribution in [2.75, 3.05) is 6.61 Å². The standard InChI is InChI=1S/C22H28O7/c1-5-13(2)21(25)28-18-9-16(11-23)7-6-8-17(12-27-15(4)24)10-19-20(18)14(3)22(26)29-19/h7,10-11,13,18-20H,3,5-6,8-9,12H2,1-2,4H3/b16-7?,17-10-. The van der Waals surface area contributed by atoms with Crippen LogP contribution >= 0.6 is 0 Å². The average molecular weight is 404 g/mol. The van der Waals surface area contributed by atoms with Gasteiger partial charge in [-0.15, -0.1) is 0 Å². The van der Waals surface area contributed by atoms with Gasteiger partial charge in [0, 0.05) is 18.9 Å². The fourth-order valence-corrected chi connectivity index (χ4v) is 3.34. The normalized spacial score (nSPS) is 27.5. The number of esters is 3. The number of hydrogen-bond donors (Lipinski definition) is 0. The van der Waals surface area contributed by atoms with Crippen LogP contribution in [-0.4, -0.2) is 43.0 Å². The van der Waals surface area contributed by atoms with E-state index in [1.54, 1.807) is 19.1 Å². The first-order valence-electron chi connectivity index (χ1n) is 9.84. The Morgan fingerprint density at radius 1 is 1.41 bits per heavy atom. The summed E-state index contributed by atoms with van der Waals surface area (Å²) >= 11 is 0. The van der Waals surface area contributed by atoms with Crippen LogP contribution in [0.4, 0.5) is 0 Å². The second-order valence-corrected chi connectivity index (χ2v) is 7.45. The second-order valence-electron chi connectivity index (χ2n) is 7.45. The van der Waals surface area contributed by atoms with E-state index in [0.717, 1.165) is 11.9 Å². The van der Waals surface area contributed by atoms with E-state index in [-0.39, 0.29) is 24.5 Å². The molecule has 7 heteroatoms. The molecule has 7 nitrogen and oxygen atoms in total. The van der Waals surface area contributed by atoms with Gasteiger partial charge in [0.2, 0.25) is 0 Å². The van der Waals surface area contributed by atoms with E-state index in [1.807, 2.05) is 6.92 Å². The van der Waals surface area contributed by atoms with E-state index in [4.69, 9.17) is 14.2 Å². The quantitative estimate of drug-likeness (QED) is 0.221. The number of carbonyl (C=O) groups excluding carboxylic acids is 4. The molecule has 2 rings (SSSR count). The predicted molar refractivity (Wildman–Crippen MR) is 105 cm³/mol. The summed E-state index contributed by atoms with van der Waals surface area (Å²) in [6, 6.07) is 0. The molecule has 1 heterocycles. The van der Waals surface area contributed by atoms with Crippen molar-refractivity contribution < 1.29 is 33.4 Å². The highest BCUT2D eigenvalue weighted by molar-refractivity contribution is 5.91. The van der Waals surface area contributed by atoms with E-state index in [2.05, 4.69) is 6.58 Å². The lowest BCUT2D eigenvalue weighted by Crippen LogP contribution is -2.35. The van der Waals surface area contributed by atoms with Gasteiger partial charge in [0.1, 0.15) is 25.1 Å². The Labute approximate surface area is 170 Å². The van der Waals surface area contributed by atoms with Crippen LogP contribution in [0, 0.1) is 11.8 Å². The molecule has 0 aromatic carbocycles. The maximum atomic E-state index is 12.4. The maximum absolute atomic E-state index is 12.4. The lowest BCUT2D eigenvalue weighted by atomic mass is 9.85. The van der Waals surface area contributed by atoms with Crippen LogP contribution < -0.4 is 0 Å². The highest BCUT2D eigenvalue weighted by Crippen LogP contribution is 2.36. The Kier molecular flexibility index (Phi) is 7.93. The Morgan fingerprint density at radius 2 is 2.14 bits per heavy atom. The number of ether oxygens (including phenoxy) is 3. The van der Waals surface area contributed by atoms with E-state index in [0.29, 0.717) is 24.8 Å². The lowest BCUT2D eigenvalue weighted by Gasteiger charge is -2.28. The first-order valence-corrected chi connectivity index (χ1v) is 9.84. The van der Waals surface area contributed by atoms with Crippen LogP contribution in [0.5, 0.6) is 0 Å². The Morgan fingerprint density at radius 3 is 2.76 bits per heavy atom. The third-order valence-corrected chi connectivity index (χ3v) is 5.27. The second kappa shape index (κ2) is 10.2. The van der Waals surface area contributed by atoms with Crippen molar-refractivity contribution in [2.45, 2.75) is 58.7 Å². The van der Waals surface area contributed by atoms with E-state index in [1.165, 1.54) is 6.92 Å². The molecule has 1 fully saturated rings. The van der Waals surface area contributed by atoms with Crippen LogP contribution in [0.3, 0.4) is 0 Å². The number of carbonyl (C=O) groups is 4. The SMILES string of the molecule is C=C1C(=O)OC2/C=C(\COC(C)=O)CCC=C(C=O)CC(OC(=O)C(C)CC)C12. The van der Waals surface area contributed by atoms with Crippen molar-refractivity contribution in [3.05, 3.63) is 35.5 Å². The summed E-state index contributed by atoms with van der Waals surface area (Å²) in [6.45, 7) is 8.85. The van der Waals surface area contributed by atoms with Gasteiger partial charge in [-0.1, -0.05) is 26.5 Å². The minimum atomic E-state index is -0.763. The molecule has 2 aliphatic rings. The Hall–Kier alpha value is -2.70. The van der Waals surface area contributed by atoms with E-state index < -0.39 is 36.0 Å². The van der Waals surface area contributed by atoms with Gasteiger partial charge in [-0.2, -0.15) is 0 Å². The minimum absolute atomic E-state index is 0.0597. The summed E-state index contributed by atoms with van der Waals surface area (Å²) in [6.07, 6.45) is 4.65. The predicted octanol–water partition coefficient (Wildman–Crippen LogP) is 2.84. The van der Waals surface area contributed by atoms with Crippen molar-refractivity contribution in [2.24, 2.45) is 11.8 Å². The molecule has 0 amide bonds. The largest absolute Gasteiger partial charge is 0.461 e. The monoisotopic (exact) mass is 404 g/mol. The van der Waals surface area contributed by atoms with Crippen LogP contribution in [0.25, 0.3) is 0 Å². The summed E-state index contributed by atoms with van der Waals surface area (Å²) in [5.41, 5.74) is 1.44. The molecular formula is C22H28O7. The van der Waals surface area contributed by atoms with Gasteiger partial charge >= 0.3 is 17.9 Å². The molecule has 0 spiro atoms. The fraction of sp³-hybridized carbons (Fsp3) is 0.545. The van der Waals surface area contributed by atoms with Gasteiger partial charge in [0.15, 0.2) is 0 Å². The summed E-state index contributed by atoms with van der Waals surface area (Å²) in [5, 5.41) is 0. The highest BCUT2D eigenvalue weighted by atomic mass is 16.6. The third kappa shape index (κ3) is 5.89. The molecule has 1 saturated heterocycles. The number of rotatable bonds is 6. The summed E-state index contributed by atoms with van der Waals surface area (Å²) in [4.78, 5) is 47.4. The molecule has 1 aliphatic carbocycles. The fourth-order valence-electron chi connectivity index (χ4n) is 3.34. The smallest absolute Gasteiger partial charge is 0.334 e. The molecule has 0 radical (unpaired) electrons. The zero-order chi connectivity index (χ0) is 21.6. The minimum Gasteiger partial charge on any atom is -0.461 e. The van der Waals surface area contributed by atoms with Crippen molar-refractivity contribution in [1.29, 1.82) is 0 Å². The van der Waals surface area contributed by atoms with Crippen molar-refractivity contribution in [1.82, 2.24) is 0 Å². The Balaban J connectivity index is 2.41. The molecule has 29 heavy (non-hydrogen) atoms. The number of aldehydes is 1. The van der Waals surface area contributed by atoms with E-state index >= 15 is 0 Å². The van der Waals surface area contributed by atoms with Crippen LogP contribution in [0.15, 0.2) is 35.5 Å². The summed E-state index contributed by atoms with van der Waals surface area (Å²) < 4.78 is 16.3. The van der Waals surface area contributed by atoms with Gasteiger partial charge in [-0.3, -0.25) is 14.4 Å². The van der Waals surface area contributed by atoms with Gasteiger partial charge in [-0.05, 0) is 36.5 Å². The van der Waals surface area contributed by atoms with Crippen molar-refractivity contribution in [3.63, 3.8) is 0 Å². The molecular weight excluding hydrogens is 376 g/mol. The average Bonchev–Trinajstić information content (AvgIpc) is 2.96. The van der Waals surface area contributed by atoms with Crippen LogP contribution in [-0.2, 0) is 33.4 Å². The van der Waals surface area contributed by atoms with Gasteiger partial charge in [0.05, 0.1) is 11.8 Å². The van der Waals surface area contributed by atoms with Crippen molar-refractivity contribution in [3.8, 4) is 0 Å². The summed E-state index contributed by atoms with van der Waals surface area (Å²) in [5.74, 6) is -2.31. The van der Waals surface area contributed by atoms with Gasteiger partial charge < -0.3 is 14.2 Å². The van der Waals surface area contributed by atoms with E-state index in [9.17, 15) is 19.2 Å². The molecule has 0 saturated carbocycles. The molecule has 0 aromatic rings. The highest BCUT2D eigenvalue weighted by Gasteiger charge is 2.45. The molecule has 4 atom stereocenters. The molecule has 158 valence electrons. The van der Waals surface area contributed by atoms with Crippen LogP contribution in [0.1, 0.15) is 46.5 Å². The summed E-state index contributed by atoms with van der Waals surface area (Å²) in [7, 11) is 0. The van der Waals surface area contributed by atoms with Gasteiger partial charge in [-0.25, -0.2) is 4.79 Å². The Bertz CT molecular complexity index is 746. The number of hydrogen-bond acceptors (Lipinski definition) is 7. The van der Waals surface area contributed by atoms with Crippen molar-refractivity contribution >= 4 is 24.2 Å². The lowest BCUT2D eigenvalue weighted by molar-refractivity contribution is -0.156. The number of allylic oxidation sites excluding steroid dienone is 1. The third-order valence-electron chi connectivity index (χ3n) is 5.27. The molecule has 0 bridgehead atoms. The maximum Gasteiger partial charge on any atom is 0.334 e. The van der Waals surface area contributed by atoms with Crippen LogP contribution in [0.2, 0.25) is 0 Å². The van der Waals surface area contributed by atoms with Gasteiger partial charge in [0.25, 0.3) is 0 Å². The number of fused-ring (bicyclic) bond motifs is 1. The first kappa shape index (κ1) is 22.6. The zero-order valence-electron chi connectivity index (χ0n) is 17.1. The molecule has 1 aliphatic heterocycles. The first-order chi connectivity index (χ1) is 13.8. The zero-order valence-corrected chi connectivity index (χ0v) is 17.1. The molecule has 4 unspecified atom stereocenters. The molecule has 0 N–H and O–H groups in total. The topological polar surface area (TPSA) is 96.0 Å².